The van der Waals surface area contributed by atoms with E-state index in [0.29, 0.717) is 6.61 Å². The molecule has 1 fully saturated rings. The van der Waals surface area contributed by atoms with Gasteiger partial charge in [0.2, 0.25) is 0 Å². The first kappa shape index (κ1) is 21.9. The van der Waals surface area contributed by atoms with Crippen LogP contribution in [0.2, 0.25) is 0 Å². The minimum absolute atomic E-state index is 0.00323. The van der Waals surface area contributed by atoms with Crippen LogP contribution in [-0.4, -0.2) is 26.0 Å². The van der Waals surface area contributed by atoms with Gasteiger partial charge in [-0.25, -0.2) is 0 Å². The number of methoxy groups -OCH3 is 1. The van der Waals surface area contributed by atoms with Gasteiger partial charge in [0.1, 0.15) is 20.2 Å². The Bertz CT molecular complexity index is 993. The summed E-state index contributed by atoms with van der Waals surface area (Å²) < 4.78 is 12.0. The number of ether oxygens (including phenoxy) is 2. The Morgan fingerprint density at radius 1 is 1.26 bits per heavy atom. The molecule has 2 aromatic rings. The van der Waals surface area contributed by atoms with E-state index in [4.69, 9.17) is 9.47 Å². The highest BCUT2D eigenvalue weighted by atomic mass is 16.5. The molecule has 0 bridgehead atoms. The van der Waals surface area contributed by atoms with Crippen molar-refractivity contribution < 1.29 is 19.4 Å². The lowest BCUT2D eigenvalue weighted by Gasteiger charge is -2.31. The lowest BCUT2D eigenvalue weighted by Crippen LogP contribution is -2.26. The van der Waals surface area contributed by atoms with Gasteiger partial charge in [0, 0.05) is 12.5 Å². The van der Waals surface area contributed by atoms with Crippen molar-refractivity contribution in [3.63, 3.8) is 0 Å². The van der Waals surface area contributed by atoms with Crippen molar-refractivity contribution in [1.29, 1.82) is 0 Å². The van der Waals surface area contributed by atoms with Crippen LogP contribution in [0, 0.1) is 11.3 Å². The first-order valence-corrected chi connectivity index (χ1v) is 11.3. The molecule has 31 heavy (non-hydrogen) atoms. The summed E-state index contributed by atoms with van der Waals surface area (Å²) in [7, 11) is 3.89. The van der Waals surface area contributed by atoms with Crippen LogP contribution in [-0.2, 0) is 28.0 Å². The zero-order valence-corrected chi connectivity index (χ0v) is 19.3. The zero-order chi connectivity index (χ0) is 22.4. The molecule has 2 aliphatic carbocycles. The quantitative estimate of drug-likeness (QED) is 0.720. The van der Waals surface area contributed by atoms with Crippen LogP contribution >= 0.6 is 0 Å². The van der Waals surface area contributed by atoms with Gasteiger partial charge in [-0.05, 0) is 65.5 Å². The average Bonchev–Trinajstić information content (AvgIpc) is 3.43. The lowest BCUT2D eigenvalue weighted by molar-refractivity contribution is -0.139. The summed E-state index contributed by atoms with van der Waals surface area (Å²) in [5, 5.41) is 9.55. The van der Waals surface area contributed by atoms with Gasteiger partial charge < -0.3 is 14.6 Å². The lowest BCUT2D eigenvalue weighted by atomic mass is 9.78. The third-order valence-corrected chi connectivity index (χ3v) is 7.11. The summed E-state index contributed by atoms with van der Waals surface area (Å²) in [5.74, 6) is -0.0972. The molecule has 2 aliphatic rings. The molecule has 0 radical (unpaired) electrons. The highest BCUT2D eigenvalue weighted by molar-refractivity contribution is 6.33. The molecule has 4 nitrogen and oxygen atoms in total. The number of rotatable bonds is 6. The van der Waals surface area contributed by atoms with E-state index in [1.165, 1.54) is 22.2 Å². The molecule has 1 saturated carbocycles. The van der Waals surface area contributed by atoms with Crippen molar-refractivity contribution in [2.45, 2.75) is 64.6 Å². The van der Waals surface area contributed by atoms with Crippen LogP contribution in [0.25, 0.3) is 0 Å². The number of aryl methyl sites for hydroxylation is 1. The zero-order valence-electron chi connectivity index (χ0n) is 19.3. The second kappa shape index (κ2) is 8.01. The Morgan fingerprint density at radius 3 is 2.68 bits per heavy atom. The van der Waals surface area contributed by atoms with E-state index < -0.39 is 5.97 Å². The van der Waals surface area contributed by atoms with E-state index in [2.05, 4.69) is 58.9 Å². The fraction of sp³-hybridized carbons (Fsp3) is 0.500. The average molecular weight is 420 g/mol. The van der Waals surface area contributed by atoms with E-state index in [9.17, 15) is 9.90 Å². The minimum atomic E-state index is -0.669. The molecule has 5 heteroatoms. The molecule has 0 aliphatic heterocycles. The standard InChI is InChI=1S/C26H33BO4/c1-25(2,3)23(30-4)19-12-16(7-10-22(19)27)15-31-18-9-8-17-6-5-11-26(20(17)13-18)14-21(26)24(28)29/h7-10,12-13,21,23H,5-6,11,14-15,27H2,1-4H3,(H,28,29)/t21-,23-,26-/m1/s1. The summed E-state index contributed by atoms with van der Waals surface area (Å²) in [6, 6.07) is 12.7. The monoisotopic (exact) mass is 420 g/mol. The number of carboxylic acids is 1. The Morgan fingerprint density at radius 2 is 2.03 bits per heavy atom. The SMILES string of the molecule is Bc1ccc(COc2ccc3c(c2)[C@@]2(CCC3)C[C@@H]2C(=O)O)cc1[C@@H](OC)C(C)(C)C. The number of fused-ring (bicyclic) bond motifs is 2. The molecule has 1 spiro atoms. The van der Waals surface area contributed by atoms with Gasteiger partial charge in [-0.15, -0.1) is 0 Å². The van der Waals surface area contributed by atoms with E-state index in [0.717, 1.165) is 37.0 Å². The van der Waals surface area contributed by atoms with Crippen LogP contribution in [0.5, 0.6) is 5.75 Å². The van der Waals surface area contributed by atoms with Crippen molar-refractivity contribution >= 4 is 19.3 Å². The molecule has 0 aromatic heterocycles. The second-order valence-electron chi connectivity index (χ2n) is 10.4. The molecular weight excluding hydrogens is 387 g/mol. The maximum absolute atomic E-state index is 11.6. The highest BCUT2D eigenvalue weighted by Gasteiger charge is 2.60. The molecule has 4 rings (SSSR count). The van der Waals surface area contributed by atoms with Crippen molar-refractivity contribution in [2.75, 3.05) is 7.11 Å². The fourth-order valence-corrected chi connectivity index (χ4v) is 5.43. The molecule has 3 atom stereocenters. The molecule has 0 saturated heterocycles. The first-order chi connectivity index (χ1) is 14.7. The largest absolute Gasteiger partial charge is 0.489 e. The van der Waals surface area contributed by atoms with Gasteiger partial charge in [-0.3, -0.25) is 4.79 Å². The molecule has 0 amide bonds. The molecule has 164 valence electrons. The summed E-state index contributed by atoms with van der Waals surface area (Å²) in [6.45, 7) is 7.04. The van der Waals surface area contributed by atoms with Gasteiger partial charge in [0.15, 0.2) is 0 Å². The number of benzene rings is 2. The molecule has 0 heterocycles. The molecule has 0 unspecified atom stereocenters. The van der Waals surface area contributed by atoms with Gasteiger partial charge in [0.05, 0.1) is 12.0 Å². The number of hydrogen-bond donors (Lipinski definition) is 1. The van der Waals surface area contributed by atoms with E-state index in [1.54, 1.807) is 7.11 Å². The minimum Gasteiger partial charge on any atom is -0.489 e. The Kier molecular flexibility index (Phi) is 5.67. The van der Waals surface area contributed by atoms with Crippen LogP contribution in [0.1, 0.15) is 68.4 Å². The van der Waals surface area contributed by atoms with E-state index in [1.807, 2.05) is 6.07 Å². The van der Waals surface area contributed by atoms with Crippen molar-refractivity contribution in [2.24, 2.45) is 11.3 Å². The van der Waals surface area contributed by atoms with Gasteiger partial charge >= 0.3 is 5.97 Å². The first-order valence-electron chi connectivity index (χ1n) is 11.3. The molecular formula is C26H33BO4. The Hall–Kier alpha value is -2.27. The highest BCUT2D eigenvalue weighted by Crippen LogP contribution is 2.60. The number of aliphatic carboxylic acids is 1. The van der Waals surface area contributed by atoms with Crippen molar-refractivity contribution in [1.82, 2.24) is 0 Å². The van der Waals surface area contributed by atoms with Crippen LogP contribution in [0.4, 0.5) is 0 Å². The maximum Gasteiger partial charge on any atom is 0.307 e. The number of carbonyl (C=O) groups is 1. The van der Waals surface area contributed by atoms with Crippen LogP contribution < -0.4 is 10.2 Å². The second-order valence-corrected chi connectivity index (χ2v) is 10.4. The van der Waals surface area contributed by atoms with Gasteiger partial charge in [-0.2, -0.15) is 0 Å². The summed E-state index contributed by atoms with van der Waals surface area (Å²) in [6.07, 6.45) is 3.82. The summed E-state index contributed by atoms with van der Waals surface area (Å²) in [5.41, 5.74) is 5.82. The Balaban J connectivity index is 1.54. The van der Waals surface area contributed by atoms with E-state index >= 15 is 0 Å². The third kappa shape index (κ3) is 4.12. The number of carboxylic acid groups (broad SMARTS) is 1. The third-order valence-electron chi connectivity index (χ3n) is 7.11. The molecule has 2 aromatic carbocycles. The van der Waals surface area contributed by atoms with Crippen molar-refractivity contribution in [3.05, 3.63) is 58.7 Å². The van der Waals surface area contributed by atoms with Gasteiger partial charge in [0.25, 0.3) is 0 Å². The van der Waals surface area contributed by atoms with Crippen LogP contribution in [0.15, 0.2) is 36.4 Å². The predicted molar refractivity (Wildman–Crippen MR) is 125 cm³/mol. The topological polar surface area (TPSA) is 55.8 Å². The maximum atomic E-state index is 11.6. The van der Waals surface area contributed by atoms with E-state index in [-0.39, 0.29) is 22.9 Å². The van der Waals surface area contributed by atoms with Gasteiger partial charge in [-0.1, -0.05) is 50.5 Å². The summed E-state index contributed by atoms with van der Waals surface area (Å²) >= 11 is 0. The fourth-order valence-electron chi connectivity index (χ4n) is 5.43. The number of hydrogen-bond acceptors (Lipinski definition) is 3. The smallest absolute Gasteiger partial charge is 0.307 e. The normalized spacial score (nSPS) is 23.3. The molecule has 1 N–H and O–H groups in total. The van der Waals surface area contributed by atoms with Crippen LogP contribution in [0.3, 0.4) is 0 Å². The Labute approximate surface area is 186 Å². The van der Waals surface area contributed by atoms with Crippen molar-refractivity contribution in [3.8, 4) is 5.75 Å². The predicted octanol–water partition coefficient (Wildman–Crippen LogP) is 3.94. The summed E-state index contributed by atoms with van der Waals surface area (Å²) in [4.78, 5) is 11.6.